The number of methoxy groups -OCH3 is 1. The number of amides is 1. The molecule has 0 saturated heterocycles. The third kappa shape index (κ3) is 7.37. The fourth-order valence-corrected chi connectivity index (χ4v) is 5.12. The number of rotatable bonds is 15. The molecule has 39 heavy (non-hydrogen) atoms. The highest BCUT2D eigenvalue weighted by Crippen LogP contribution is 2.28. The fourth-order valence-electron chi connectivity index (χ4n) is 5.12. The Morgan fingerprint density at radius 3 is 2.62 bits per heavy atom. The smallest absolute Gasteiger partial charge is 0.226 e. The molecule has 1 amide bonds. The number of fused-ring (bicyclic) bond motifs is 1. The van der Waals surface area contributed by atoms with Crippen LogP contribution in [0, 0.1) is 6.92 Å². The van der Waals surface area contributed by atoms with Gasteiger partial charge in [0.1, 0.15) is 17.7 Å². The van der Waals surface area contributed by atoms with Crippen LogP contribution in [-0.4, -0.2) is 33.3 Å². The number of H-pyrrole nitrogens is 1. The summed E-state index contributed by atoms with van der Waals surface area (Å²) in [5.41, 5.74) is 4.95. The van der Waals surface area contributed by atoms with E-state index in [0.717, 1.165) is 77.7 Å². The molecule has 7 nitrogen and oxygen atoms in total. The Hall–Kier alpha value is -3.87. The van der Waals surface area contributed by atoms with Crippen molar-refractivity contribution in [2.24, 2.45) is 0 Å². The second-order valence-corrected chi connectivity index (χ2v) is 10.2. The number of hydrogen-bond acceptors (Lipinski definition) is 4. The van der Waals surface area contributed by atoms with Gasteiger partial charge in [0.2, 0.25) is 5.91 Å². The Bertz CT molecular complexity index is 1370. The van der Waals surface area contributed by atoms with Gasteiger partial charge in [-0.3, -0.25) is 9.59 Å². The van der Waals surface area contributed by atoms with Crippen LogP contribution >= 0.6 is 0 Å². The van der Waals surface area contributed by atoms with Crippen LogP contribution in [0.25, 0.3) is 22.2 Å². The molecule has 4 aromatic rings. The maximum atomic E-state index is 13.5. The maximum Gasteiger partial charge on any atom is 0.226 e. The number of nitrogens with zero attached hydrogens (tertiary/aromatic N) is 2. The molecule has 1 atom stereocenters. The highest BCUT2D eigenvalue weighted by atomic mass is 16.5. The van der Waals surface area contributed by atoms with E-state index in [1.807, 2.05) is 49.5 Å². The van der Waals surface area contributed by atoms with Crippen LogP contribution in [0.1, 0.15) is 75.7 Å². The number of nitrogens with one attached hydrogen (secondary N) is 2. The number of aromatic amines is 1. The molecule has 7 heteroatoms. The van der Waals surface area contributed by atoms with E-state index in [9.17, 15) is 9.59 Å². The number of imidazole rings is 1. The molecule has 206 valence electrons. The van der Waals surface area contributed by atoms with Crippen molar-refractivity contribution in [3.05, 3.63) is 72.3 Å². The van der Waals surface area contributed by atoms with Gasteiger partial charge in [-0.2, -0.15) is 0 Å². The molecule has 0 bridgehead atoms. The largest absolute Gasteiger partial charge is 0.497 e. The van der Waals surface area contributed by atoms with Crippen LogP contribution in [0.4, 0.5) is 0 Å². The summed E-state index contributed by atoms with van der Waals surface area (Å²) in [5, 5.41) is 4.29. The molecular formula is C32H40N4O3. The molecule has 0 saturated carbocycles. The van der Waals surface area contributed by atoms with Gasteiger partial charge in [0.15, 0.2) is 0 Å². The Kier molecular flexibility index (Phi) is 9.95. The van der Waals surface area contributed by atoms with Gasteiger partial charge >= 0.3 is 0 Å². The number of aromatic nitrogens is 3. The van der Waals surface area contributed by atoms with E-state index in [2.05, 4.69) is 38.9 Å². The van der Waals surface area contributed by atoms with Crippen LogP contribution in [0.3, 0.4) is 0 Å². The summed E-state index contributed by atoms with van der Waals surface area (Å²) < 4.78 is 7.47. The fraction of sp³-hybridized carbons (Fsp3) is 0.406. The number of ketones is 1. The number of benzene rings is 2. The molecule has 4 rings (SSSR count). The lowest BCUT2D eigenvalue weighted by Crippen LogP contribution is -2.33. The van der Waals surface area contributed by atoms with Gasteiger partial charge in [0.25, 0.3) is 0 Å². The molecule has 0 radical (unpaired) electrons. The lowest BCUT2D eigenvalue weighted by Gasteiger charge is -2.23. The van der Waals surface area contributed by atoms with Crippen molar-refractivity contribution in [1.29, 1.82) is 0 Å². The van der Waals surface area contributed by atoms with Crippen molar-refractivity contribution in [2.45, 2.75) is 77.8 Å². The first-order valence-electron chi connectivity index (χ1n) is 14.0. The van der Waals surface area contributed by atoms with Gasteiger partial charge in [-0.15, -0.1) is 0 Å². The SMILES string of the molecule is CCCCC(=O)CCCCC[C@@H](NC(=O)Cc1c(C)[nH]c2ccc(OC)cc12)n1cncc1-c1ccccc1. The summed E-state index contributed by atoms with van der Waals surface area (Å²) in [6.45, 7) is 4.11. The van der Waals surface area contributed by atoms with Crippen LogP contribution in [0.5, 0.6) is 5.75 Å². The molecule has 0 aliphatic carbocycles. The van der Waals surface area contributed by atoms with Gasteiger partial charge in [-0.05, 0) is 61.9 Å². The summed E-state index contributed by atoms with van der Waals surface area (Å²) in [4.78, 5) is 33.3. The van der Waals surface area contributed by atoms with Crippen molar-refractivity contribution in [1.82, 2.24) is 19.9 Å². The Labute approximate surface area is 231 Å². The predicted octanol–water partition coefficient (Wildman–Crippen LogP) is 6.92. The summed E-state index contributed by atoms with van der Waals surface area (Å²) >= 11 is 0. The highest BCUT2D eigenvalue weighted by molar-refractivity contribution is 5.91. The number of aryl methyl sites for hydroxylation is 1. The van der Waals surface area contributed by atoms with E-state index in [0.29, 0.717) is 18.6 Å². The van der Waals surface area contributed by atoms with Crippen LogP contribution in [0.2, 0.25) is 0 Å². The molecule has 0 unspecified atom stereocenters. The number of carbonyl (C=O) groups excluding carboxylic acids is 2. The lowest BCUT2D eigenvalue weighted by molar-refractivity contribution is -0.122. The molecular weight excluding hydrogens is 488 g/mol. The van der Waals surface area contributed by atoms with E-state index >= 15 is 0 Å². The summed E-state index contributed by atoms with van der Waals surface area (Å²) in [6, 6.07) is 16.0. The second-order valence-electron chi connectivity index (χ2n) is 10.2. The van der Waals surface area contributed by atoms with E-state index in [1.54, 1.807) is 13.4 Å². The van der Waals surface area contributed by atoms with Gasteiger partial charge in [-0.25, -0.2) is 4.98 Å². The molecule has 0 spiro atoms. The first-order valence-corrected chi connectivity index (χ1v) is 14.0. The molecule has 2 aromatic carbocycles. The quantitative estimate of drug-likeness (QED) is 0.164. The van der Waals surface area contributed by atoms with Crippen molar-refractivity contribution in [3.63, 3.8) is 0 Å². The summed E-state index contributed by atoms with van der Waals surface area (Å²) in [5.74, 6) is 1.07. The van der Waals surface area contributed by atoms with Crippen molar-refractivity contribution in [3.8, 4) is 17.0 Å². The van der Waals surface area contributed by atoms with Crippen LogP contribution in [-0.2, 0) is 16.0 Å². The van der Waals surface area contributed by atoms with E-state index < -0.39 is 0 Å². The summed E-state index contributed by atoms with van der Waals surface area (Å²) in [7, 11) is 1.65. The Balaban J connectivity index is 1.48. The number of hydrogen-bond donors (Lipinski definition) is 2. The zero-order valence-electron chi connectivity index (χ0n) is 23.3. The molecule has 2 aromatic heterocycles. The average Bonchev–Trinajstić information content (AvgIpc) is 3.56. The summed E-state index contributed by atoms with van der Waals surface area (Å²) in [6.07, 6.45) is 10.5. The highest BCUT2D eigenvalue weighted by Gasteiger charge is 2.20. The van der Waals surface area contributed by atoms with Gasteiger partial charge in [-0.1, -0.05) is 50.1 Å². The van der Waals surface area contributed by atoms with E-state index in [4.69, 9.17) is 4.74 Å². The maximum absolute atomic E-state index is 13.5. The Morgan fingerprint density at radius 1 is 1.05 bits per heavy atom. The molecule has 0 fully saturated rings. The van der Waals surface area contributed by atoms with Crippen molar-refractivity contribution < 1.29 is 14.3 Å². The monoisotopic (exact) mass is 528 g/mol. The lowest BCUT2D eigenvalue weighted by atomic mass is 10.0. The second kappa shape index (κ2) is 13.8. The van der Waals surface area contributed by atoms with Crippen molar-refractivity contribution in [2.75, 3.05) is 7.11 Å². The predicted molar refractivity (Wildman–Crippen MR) is 156 cm³/mol. The number of Topliss-reactive ketones (excluding diaryl/α,β-unsaturated/α-hetero) is 1. The van der Waals surface area contributed by atoms with Crippen LogP contribution < -0.4 is 10.1 Å². The molecule has 0 aliphatic heterocycles. The minimum Gasteiger partial charge on any atom is -0.497 e. The molecule has 2 heterocycles. The zero-order chi connectivity index (χ0) is 27.6. The number of unbranched alkanes of at least 4 members (excludes halogenated alkanes) is 3. The first kappa shape index (κ1) is 28.1. The third-order valence-electron chi connectivity index (χ3n) is 7.31. The first-order chi connectivity index (χ1) is 19.0. The standard InChI is InChI=1S/C32H40N4O3/c1-4-5-14-25(37)15-10-7-11-16-31(36-22-33-21-30(36)24-12-8-6-9-13-24)35-32(38)20-27-23(2)34-29-18-17-26(39-3)19-28(27)29/h6,8-9,12-13,17-19,21-22,31,34H,4-5,7,10-11,14-16,20H2,1-3H3,(H,35,38)/t31-/m0/s1. The van der Waals surface area contributed by atoms with Gasteiger partial charge in [0, 0.05) is 29.4 Å². The topological polar surface area (TPSA) is 89.0 Å². The minimum absolute atomic E-state index is 0.0470. The zero-order valence-corrected chi connectivity index (χ0v) is 23.3. The van der Waals surface area contributed by atoms with Gasteiger partial charge < -0.3 is 19.6 Å². The normalized spacial score (nSPS) is 12.0. The minimum atomic E-state index is -0.244. The van der Waals surface area contributed by atoms with Crippen LogP contribution in [0.15, 0.2) is 61.1 Å². The molecule has 0 aliphatic rings. The number of ether oxygens (including phenoxy) is 1. The third-order valence-corrected chi connectivity index (χ3v) is 7.31. The Morgan fingerprint density at radius 2 is 1.85 bits per heavy atom. The van der Waals surface area contributed by atoms with Gasteiger partial charge in [0.05, 0.1) is 31.7 Å². The number of carbonyl (C=O) groups is 2. The van der Waals surface area contributed by atoms with E-state index in [-0.39, 0.29) is 18.5 Å². The van der Waals surface area contributed by atoms with Crippen molar-refractivity contribution >= 4 is 22.6 Å². The molecule has 2 N–H and O–H groups in total. The average molecular weight is 529 g/mol. The van der Waals surface area contributed by atoms with E-state index in [1.165, 1.54) is 0 Å².